The molecule has 1 fully saturated rings. The Kier molecular flexibility index (Phi) is 6.59. The lowest BCUT2D eigenvalue weighted by Crippen LogP contribution is -3.13. The van der Waals surface area contributed by atoms with Gasteiger partial charge in [0.1, 0.15) is 0 Å². The van der Waals surface area contributed by atoms with E-state index in [4.69, 9.17) is 0 Å². The monoisotopic (exact) mass is 318 g/mol. The minimum atomic E-state index is -0.451. The number of nitrogens with one attached hydrogen (secondary N) is 3. The van der Waals surface area contributed by atoms with E-state index in [1.54, 1.807) is 0 Å². The van der Waals surface area contributed by atoms with Gasteiger partial charge in [-0.1, -0.05) is 24.1 Å². The number of carbonyl (C=O) groups is 2. The molecule has 1 aliphatic rings. The molecule has 0 spiro atoms. The molecule has 0 aliphatic carbocycles. The summed E-state index contributed by atoms with van der Waals surface area (Å²) >= 11 is 0. The summed E-state index contributed by atoms with van der Waals surface area (Å²) in [7, 11) is 0. The first-order valence-electron chi connectivity index (χ1n) is 8.56. The first kappa shape index (κ1) is 17.5. The van der Waals surface area contributed by atoms with E-state index in [-0.39, 0.29) is 5.91 Å². The summed E-state index contributed by atoms with van der Waals surface area (Å²) in [4.78, 5) is 25.3. The van der Waals surface area contributed by atoms with E-state index in [2.05, 4.69) is 10.6 Å². The Morgan fingerprint density at radius 3 is 2.35 bits per heavy atom. The highest BCUT2D eigenvalue weighted by Gasteiger charge is 2.17. The van der Waals surface area contributed by atoms with Crippen molar-refractivity contribution in [3.63, 3.8) is 0 Å². The maximum Gasteiger partial charge on any atom is 0.326 e. The predicted octanol–water partition coefficient (Wildman–Crippen LogP) is 1.80. The Hall–Kier alpha value is -1.88. The third-order valence-corrected chi connectivity index (χ3v) is 4.35. The zero-order valence-electron chi connectivity index (χ0n) is 14.2. The van der Waals surface area contributed by atoms with Gasteiger partial charge in [-0.15, -0.1) is 0 Å². The summed E-state index contributed by atoms with van der Waals surface area (Å²) in [5.41, 5.74) is 2.87. The molecule has 5 heteroatoms. The van der Waals surface area contributed by atoms with Crippen molar-refractivity contribution >= 4 is 17.6 Å². The van der Waals surface area contributed by atoms with Crippen LogP contribution < -0.4 is 15.5 Å². The normalized spacial score (nSPS) is 16.3. The molecule has 1 saturated heterocycles. The number of aryl methyl sites for hydroxylation is 2. The van der Waals surface area contributed by atoms with Crippen LogP contribution >= 0.6 is 0 Å². The zero-order chi connectivity index (χ0) is 16.7. The molecule has 0 saturated carbocycles. The molecule has 0 atom stereocenters. The average molecular weight is 318 g/mol. The smallest absolute Gasteiger partial charge is 0.326 e. The van der Waals surface area contributed by atoms with Gasteiger partial charge < -0.3 is 10.2 Å². The van der Waals surface area contributed by atoms with Gasteiger partial charge in [-0.25, -0.2) is 4.79 Å². The van der Waals surface area contributed by atoms with Crippen LogP contribution in [0.3, 0.4) is 0 Å². The van der Waals surface area contributed by atoms with Gasteiger partial charge in [0.05, 0.1) is 13.1 Å². The maximum atomic E-state index is 12.1. The number of carbonyl (C=O) groups excluding carboxylic acids is 2. The van der Waals surface area contributed by atoms with Crippen molar-refractivity contribution in [2.45, 2.75) is 46.0 Å². The molecule has 5 nitrogen and oxygen atoms in total. The maximum absolute atomic E-state index is 12.1. The van der Waals surface area contributed by atoms with Crippen LogP contribution in [0, 0.1) is 13.8 Å². The molecule has 126 valence electrons. The minimum absolute atomic E-state index is 0.206. The van der Waals surface area contributed by atoms with E-state index in [1.165, 1.54) is 24.2 Å². The van der Waals surface area contributed by atoms with E-state index < -0.39 is 6.03 Å². The van der Waals surface area contributed by atoms with Crippen molar-refractivity contribution in [2.75, 3.05) is 25.0 Å². The van der Waals surface area contributed by atoms with Gasteiger partial charge in [-0.3, -0.25) is 10.1 Å². The van der Waals surface area contributed by atoms with Crippen LogP contribution in [-0.2, 0) is 4.79 Å². The van der Waals surface area contributed by atoms with E-state index in [9.17, 15) is 9.59 Å². The van der Waals surface area contributed by atoms with Crippen LogP contribution in [0.2, 0.25) is 0 Å². The molecule has 1 aromatic carbocycles. The van der Waals surface area contributed by atoms with Gasteiger partial charge in [-0.2, -0.15) is 0 Å². The van der Waals surface area contributed by atoms with Gasteiger partial charge in [0.25, 0.3) is 5.91 Å². The fraction of sp³-hybridized carbons (Fsp3) is 0.556. The second-order valence-electron chi connectivity index (χ2n) is 6.52. The summed E-state index contributed by atoms with van der Waals surface area (Å²) in [5, 5.41) is 5.19. The first-order valence-corrected chi connectivity index (χ1v) is 8.56. The largest absolute Gasteiger partial charge is 0.327 e. The van der Waals surface area contributed by atoms with Gasteiger partial charge in [0.15, 0.2) is 6.54 Å². The highest BCUT2D eigenvalue weighted by atomic mass is 16.2. The number of quaternary nitrogens is 1. The number of urea groups is 1. The lowest BCUT2D eigenvalue weighted by Gasteiger charge is -2.21. The molecule has 3 amide bonds. The summed E-state index contributed by atoms with van der Waals surface area (Å²) < 4.78 is 0. The number of likely N-dealkylation sites (tertiary alicyclic amines) is 1. The lowest BCUT2D eigenvalue weighted by molar-refractivity contribution is -0.893. The van der Waals surface area contributed by atoms with Crippen molar-refractivity contribution in [3.05, 3.63) is 29.3 Å². The Balaban J connectivity index is 1.80. The van der Waals surface area contributed by atoms with Crippen molar-refractivity contribution in [1.82, 2.24) is 5.32 Å². The molecule has 0 unspecified atom stereocenters. The third-order valence-electron chi connectivity index (χ3n) is 4.35. The van der Waals surface area contributed by atoms with Gasteiger partial charge in [0, 0.05) is 5.69 Å². The Bertz CT molecular complexity index is 549. The highest BCUT2D eigenvalue weighted by Crippen LogP contribution is 2.15. The van der Waals surface area contributed by atoms with Crippen LogP contribution in [0.15, 0.2) is 18.2 Å². The molecule has 0 aromatic heterocycles. The summed E-state index contributed by atoms with van der Waals surface area (Å²) in [6.45, 7) is 6.36. The number of rotatable bonds is 3. The molecule has 0 bridgehead atoms. The predicted molar refractivity (Wildman–Crippen MR) is 91.7 cm³/mol. The minimum Gasteiger partial charge on any atom is -0.327 e. The third kappa shape index (κ3) is 6.02. The van der Waals surface area contributed by atoms with E-state index in [0.717, 1.165) is 42.7 Å². The fourth-order valence-corrected chi connectivity index (χ4v) is 3.09. The summed E-state index contributed by atoms with van der Waals surface area (Å²) in [6, 6.07) is 5.35. The SMILES string of the molecule is Cc1ccc(NC(=O)NC(=O)C[NH+]2CCCCCCC2)c(C)c1. The number of hydrogen-bond donors (Lipinski definition) is 3. The quantitative estimate of drug-likeness (QED) is 0.796. The number of benzene rings is 1. The number of hydrogen-bond acceptors (Lipinski definition) is 2. The van der Waals surface area contributed by atoms with Crippen LogP contribution in [0.4, 0.5) is 10.5 Å². The molecule has 2 rings (SSSR count). The van der Waals surface area contributed by atoms with Crippen LogP contribution in [0.5, 0.6) is 0 Å². The number of anilines is 1. The first-order chi connectivity index (χ1) is 11.0. The van der Waals surface area contributed by atoms with Crippen LogP contribution in [0.25, 0.3) is 0 Å². The second kappa shape index (κ2) is 8.67. The molecule has 1 aromatic rings. The second-order valence-corrected chi connectivity index (χ2v) is 6.52. The Morgan fingerprint density at radius 1 is 1.04 bits per heavy atom. The van der Waals surface area contributed by atoms with Crippen molar-refractivity contribution in [1.29, 1.82) is 0 Å². The molecule has 3 N–H and O–H groups in total. The fourth-order valence-electron chi connectivity index (χ4n) is 3.09. The molecular weight excluding hydrogens is 290 g/mol. The summed E-state index contributed by atoms with van der Waals surface area (Å²) in [6.07, 6.45) is 6.13. The topological polar surface area (TPSA) is 62.6 Å². The summed E-state index contributed by atoms with van der Waals surface area (Å²) in [5.74, 6) is -0.206. The molecule has 0 radical (unpaired) electrons. The zero-order valence-corrected chi connectivity index (χ0v) is 14.2. The molecule has 23 heavy (non-hydrogen) atoms. The Labute approximate surface area is 138 Å². The number of amides is 3. The Morgan fingerprint density at radius 2 is 1.70 bits per heavy atom. The van der Waals surface area contributed by atoms with Gasteiger partial charge in [0.2, 0.25) is 0 Å². The average Bonchev–Trinajstić information content (AvgIpc) is 2.44. The van der Waals surface area contributed by atoms with Crippen molar-refractivity contribution < 1.29 is 14.5 Å². The number of imide groups is 1. The van der Waals surface area contributed by atoms with E-state index in [1.807, 2.05) is 32.0 Å². The van der Waals surface area contributed by atoms with Crippen LogP contribution in [-0.4, -0.2) is 31.6 Å². The molecule has 1 aliphatic heterocycles. The van der Waals surface area contributed by atoms with E-state index >= 15 is 0 Å². The van der Waals surface area contributed by atoms with Crippen molar-refractivity contribution in [2.24, 2.45) is 0 Å². The standard InChI is InChI=1S/C18H27N3O2/c1-14-8-9-16(15(2)12-14)19-18(23)20-17(22)13-21-10-6-4-3-5-7-11-21/h8-9,12H,3-7,10-11,13H2,1-2H3,(H2,19,20,22,23)/p+1. The molecular formula is C18H28N3O2+. The lowest BCUT2D eigenvalue weighted by atomic mass is 10.1. The van der Waals surface area contributed by atoms with Gasteiger partial charge in [-0.05, 0) is 51.2 Å². The van der Waals surface area contributed by atoms with E-state index in [0.29, 0.717) is 6.54 Å². The molecule has 1 heterocycles. The van der Waals surface area contributed by atoms with Gasteiger partial charge >= 0.3 is 6.03 Å². The highest BCUT2D eigenvalue weighted by molar-refractivity contribution is 6.01. The van der Waals surface area contributed by atoms with Crippen molar-refractivity contribution in [3.8, 4) is 0 Å². The van der Waals surface area contributed by atoms with Crippen LogP contribution in [0.1, 0.15) is 43.2 Å².